The number of hydrogen-bond acceptors (Lipinski definition) is 4. The molecule has 0 atom stereocenters. The number of benzene rings is 1. The number of rotatable bonds is 3. The predicted octanol–water partition coefficient (Wildman–Crippen LogP) is 3.31. The van der Waals surface area contributed by atoms with Gasteiger partial charge >= 0.3 is 0 Å². The number of fused-ring (bicyclic) bond motifs is 1. The molecule has 0 bridgehead atoms. The van der Waals surface area contributed by atoms with E-state index in [1.54, 1.807) is 22.6 Å². The zero-order valence-electron chi connectivity index (χ0n) is 10.2. The lowest BCUT2D eigenvalue weighted by Gasteiger charge is -2.03. The molecular weight excluding hydrogens is 280 g/mol. The van der Waals surface area contributed by atoms with E-state index < -0.39 is 0 Å². The Bertz CT molecular complexity index is 711. The molecule has 19 heavy (non-hydrogen) atoms. The second-order valence-corrected chi connectivity index (χ2v) is 5.38. The second kappa shape index (κ2) is 5.19. The van der Waals surface area contributed by atoms with Gasteiger partial charge in [0.05, 0.1) is 11.6 Å². The zero-order chi connectivity index (χ0) is 13.2. The highest BCUT2D eigenvalue weighted by Crippen LogP contribution is 2.28. The van der Waals surface area contributed by atoms with Gasteiger partial charge in [0, 0.05) is 12.8 Å². The van der Waals surface area contributed by atoms with Gasteiger partial charge in [-0.1, -0.05) is 30.3 Å². The molecule has 0 aliphatic rings. The van der Waals surface area contributed by atoms with Crippen LogP contribution in [0.4, 0.5) is 0 Å². The van der Waals surface area contributed by atoms with Gasteiger partial charge in [-0.05, 0) is 17.2 Å². The Labute approximate surface area is 119 Å². The number of nitrogens with zero attached hydrogens (tertiary/aromatic N) is 4. The molecular formula is C13H11ClN4S. The first-order chi connectivity index (χ1) is 9.24. The summed E-state index contributed by atoms with van der Waals surface area (Å²) < 4.78 is 1.70. The smallest absolute Gasteiger partial charge is 0.225 e. The fraction of sp³-hybridized carbons (Fsp3) is 0.154. The van der Waals surface area contributed by atoms with E-state index in [4.69, 9.17) is 11.6 Å². The van der Waals surface area contributed by atoms with E-state index in [1.807, 2.05) is 25.2 Å². The lowest BCUT2D eigenvalue weighted by atomic mass is 10.2. The van der Waals surface area contributed by atoms with Crippen LogP contribution in [0.5, 0.6) is 0 Å². The molecule has 0 amide bonds. The van der Waals surface area contributed by atoms with Crippen LogP contribution in [0.1, 0.15) is 5.56 Å². The van der Waals surface area contributed by atoms with E-state index in [1.165, 1.54) is 5.56 Å². The van der Waals surface area contributed by atoms with Gasteiger partial charge in [-0.2, -0.15) is 10.1 Å². The van der Waals surface area contributed by atoms with E-state index in [0.29, 0.717) is 0 Å². The summed E-state index contributed by atoms with van der Waals surface area (Å²) in [6.07, 6.45) is 1.78. The average Bonchev–Trinajstić information content (AvgIpc) is 2.79. The molecule has 0 aliphatic carbocycles. The van der Waals surface area contributed by atoms with Gasteiger partial charge in [0.25, 0.3) is 0 Å². The molecule has 0 saturated carbocycles. The highest BCUT2D eigenvalue weighted by Gasteiger charge is 2.11. The van der Waals surface area contributed by atoms with E-state index >= 15 is 0 Å². The summed E-state index contributed by atoms with van der Waals surface area (Å²) in [5.74, 6) is 0.845. The van der Waals surface area contributed by atoms with Crippen LogP contribution < -0.4 is 0 Å². The Kier molecular flexibility index (Phi) is 3.40. The maximum absolute atomic E-state index is 5.96. The first-order valence-corrected chi connectivity index (χ1v) is 7.12. The Hall–Kier alpha value is -1.59. The molecule has 6 heteroatoms. The number of aromatic nitrogens is 4. The Morgan fingerprint density at radius 1 is 1.21 bits per heavy atom. The molecule has 0 saturated heterocycles. The monoisotopic (exact) mass is 290 g/mol. The maximum atomic E-state index is 5.96. The van der Waals surface area contributed by atoms with Crippen molar-refractivity contribution < 1.29 is 0 Å². The number of halogens is 1. The van der Waals surface area contributed by atoms with Crippen molar-refractivity contribution in [1.29, 1.82) is 0 Å². The van der Waals surface area contributed by atoms with Crippen LogP contribution in [0.15, 0.2) is 41.6 Å². The summed E-state index contributed by atoms with van der Waals surface area (Å²) in [4.78, 5) is 8.49. The van der Waals surface area contributed by atoms with Crippen molar-refractivity contribution >= 4 is 34.4 Å². The fourth-order valence-corrected chi connectivity index (χ4v) is 2.97. The number of thioether (sulfide) groups is 1. The van der Waals surface area contributed by atoms with E-state index in [-0.39, 0.29) is 5.28 Å². The normalized spacial score (nSPS) is 11.1. The predicted molar refractivity (Wildman–Crippen MR) is 77.3 cm³/mol. The van der Waals surface area contributed by atoms with Crippen molar-refractivity contribution in [1.82, 2.24) is 19.7 Å². The summed E-state index contributed by atoms with van der Waals surface area (Å²) in [7, 11) is 1.84. The van der Waals surface area contributed by atoms with Crippen LogP contribution >= 0.6 is 23.4 Å². The minimum atomic E-state index is 0.256. The average molecular weight is 291 g/mol. The van der Waals surface area contributed by atoms with E-state index in [9.17, 15) is 0 Å². The minimum absolute atomic E-state index is 0.256. The SMILES string of the molecule is Cn1ncc2c(SCc3ccccc3)nc(Cl)nc21. The van der Waals surface area contributed by atoms with Gasteiger partial charge in [0.15, 0.2) is 5.65 Å². The molecule has 0 fully saturated rings. The summed E-state index contributed by atoms with van der Waals surface area (Å²) >= 11 is 7.60. The van der Waals surface area contributed by atoms with Gasteiger partial charge < -0.3 is 0 Å². The van der Waals surface area contributed by atoms with E-state index in [2.05, 4.69) is 27.2 Å². The van der Waals surface area contributed by atoms with Gasteiger partial charge in [0.1, 0.15) is 5.03 Å². The standard InChI is InChI=1S/C13H11ClN4S/c1-18-11-10(7-15-18)12(17-13(14)16-11)19-8-9-5-3-2-4-6-9/h2-7H,8H2,1H3. The van der Waals surface area contributed by atoms with Gasteiger partial charge in [0.2, 0.25) is 5.28 Å². The first-order valence-electron chi connectivity index (χ1n) is 5.76. The third-order valence-corrected chi connectivity index (χ3v) is 3.98. The van der Waals surface area contributed by atoms with Crippen LogP contribution in [0.25, 0.3) is 11.0 Å². The van der Waals surface area contributed by atoms with Crippen LogP contribution in [0.2, 0.25) is 5.28 Å². The summed E-state index contributed by atoms with van der Waals surface area (Å²) in [6.45, 7) is 0. The molecule has 3 aromatic rings. The summed E-state index contributed by atoms with van der Waals surface area (Å²) in [5.41, 5.74) is 2.01. The topological polar surface area (TPSA) is 43.6 Å². The van der Waals surface area contributed by atoms with Crippen molar-refractivity contribution in [2.75, 3.05) is 0 Å². The van der Waals surface area contributed by atoms with Crippen molar-refractivity contribution in [3.05, 3.63) is 47.4 Å². The van der Waals surface area contributed by atoms with Crippen LogP contribution in [0.3, 0.4) is 0 Å². The lowest BCUT2D eigenvalue weighted by molar-refractivity contribution is 0.784. The Morgan fingerprint density at radius 3 is 2.79 bits per heavy atom. The molecule has 4 nitrogen and oxygen atoms in total. The Balaban J connectivity index is 1.92. The third kappa shape index (κ3) is 2.57. The first kappa shape index (κ1) is 12.4. The number of hydrogen-bond donors (Lipinski definition) is 0. The van der Waals surface area contributed by atoms with Gasteiger partial charge in [-0.3, -0.25) is 4.68 Å². The Morgan fingerprint density at radius 2 is 2.00 bits per heavy atom. The molecule has 0 spiro atoms. The van der Waals surface area contributed by atoms with Gasteiger partial charge in [-0.15, -0.1) is 11.8 Å². The molecule has 0 aliphatic heterocycles. The van der Waals surface area contributed by atoms with Gasteiger partial charge in [-0.25, -0.2) is 4.98 Å². The van der Waals surface area contributed by atoms with Crippen LogP contribution in [0, 0.1) is 0 Å². The largest absolute Gasteiger partial charge is 0.250 e. The third-order valence-electron chi connectivity index (χ3n) is 2.75. The summed E-state index contributed by atoms with van der Waals surface area (Å²) in [5, 5.41) is 6.26. The van der Waals surface area contributed by atoms with Crippen LogP contribution in [-0.2, 0) is 12.8 Å². The number of aryl methyl sites for hydroxylation is 1. The van der Waals surface area contributed by atoms with E-state index in [0.717, 1.165) is 21.8 Å². The minimum Gasteiger partial charge on any atom is -0.250 e. The quantitative estimate of drug-likeness (QED) is 0.422. The molecule has 0 radical (unpaired) electrons. The molecule has 0 N–H and O–H groups in total. The van der Waals surface area contributed by atoms with Crippen molar-refractivity contribution in [3.63, 3.8) is 0 Å². The molecule has 2 aromatic heterocycles. The molecule has 0 unspecified atom stereocenters. The second-order valence-electron chi connectivity index (χ2n) is 4.08. The fourth-order valence-electron chi connectivity index (χ4n) is 1.81. The highest BCUT2D eigenvalue weighted by molar-refractivity contribution is 7.98. The maximum Gasteiger partial charge on any atom is 0.225 e. The highest BCUT2D eigenvalue weighted by atomic mass is 35.5. The molecule has 3 rings (SSSR count). The molecule has 96 valence electrons. The van der Waals surface area contributed by atoms with Crippen molar-refractivity contribution in [3.8, 4) is 0 Å². The van der Waals surface area contributed by atoms with Crippen LogP contribution in [-0.4, -0.2) is 19.7 Å². The molecule has 1 aromatic carbocycles. The van der Waals surface area contributed by atoms with Crippen molar-refractivity contribution in [2.24, 2.45) is 7.05 Å². The lowest BCUT2D eigenvalue weighted by Crippen LogP contribution is -1.94. The summed E-state index contributed by atoms with van der Waals surface area (Å²) in [6, 6.07) is 10.3. The molecule has 2 heterocycles. The van der Waals surface area contributed by atoms with Crippen molar-refractivity contribution in [2.45, 2.75) is 10.8 Å². The zero-order valence-corrected chi connectivity index (χ0v) is 11.8.